The first-order valence-electron chi connectivity index (χ1n) is 6.06. The van der Waals surface area contributed by atoms with E-state index in [1.54, 1.807) is 0 Å². The van der Waals surface area contributed by atoms with Gasteiger partial charge >= 0.3 is 0 Å². The molecular weight excluding hydrogens is 246 g/mol. The first-order valence-corrected chi connectivity index (χ1v) is 6.06. The van der Waals surface area contributed by atoms with Crippen LogP contribution in [0.25, 0.3) is 0 Å². The van der Waals surface area contributed by atoms with Gasteiger partial charge in [0.2, 0.25) is 0 Å². The van der Waals surface area contributed by atoms with Crippen LogP contribution >= 0.6 is 0 Å². The monoisotopic (exact) mass is 261 g/mol. The molecule has 5 heteroatoms. The molecule has 1 fully saturated rings. The minimum atomic E-state index is -3.35. The third-order valence-corrected chi connectivity index (χ3v) is 3.24. The SMILES string of the molecule is Fc1ccc(F)c(C(F)(F)CC2CCCCN2)c1. The van der Waals surface area contributed by atoms with Gasteiger partial charge in [-0.1, -0.05) is 6.42 Å². The molecule has 1 unspecified atom stereocenters. The molecule has 1 heterocycles. The Morgan fingerprint density at radius 3 is 2.67 bits per heavy atom. The number of hydrogen-bond donors (Lipinski definition) is 1. The van der Waals surface area contributed by atoms with Gasteiger partial charge in [-0.3, -0.25) is 0 Å². The third kappa shape index (κ3) is 3.02. The van der Waals surface area contributed by atoms with Crippen LogP contribution in [0, 0.1) is 11.6 Å². The highest BCUT2D eigenvalue weighted by Gasteiger charge is 2.37. The highest BCUT2D eigenvalue weighted by atomic mass is 19.3. The van der Waals surface area contributed by atoms with Gasteiger partial charge in [0, 0.05) is 12.5 Å². The second-order valence-electron chi connectivity index (χ2n) is 4.68. The first-order chi connectivity index (χ1) is 8.49. The van der Waals surface area contributed by atoms with Crippen LogP contribution in [-0.4, -0.2) is 12.6 Å². The van der Waals surface area contributed by atoms with Gasteiger partial charge in [0.05, 0.1) is 5.56 Å². The Labute approximate surface area is 103 Å². The van der Waals surface area contributed by atoms with Gasteiger partial charge in [-0.2, -0.15) is 0 Å². The summed E-state index contributed by atoms with van der Waals surface area (Å²) in [6, 6.07) is 1.83. The zero-order valence-electron chi connectivity index (χ0n) is 9.86. The molecule has 1 aliphatic heterocycles. The highest BCUT2D eigenvalue weighted by Crippen LogP contribution is 2.36. The summed E-state index contributed by atoms with van der Waals surface area (Å²) in [5, 5.41) is 2.98. The Morgan fingerprint density at radius 1 is 1.22 bits per heavy atom. The van der Waals surface area contributed by atoms with Crippen LogP contribution in [0.1, 0.15) is 31.2 Å². The smallest absolute Gasteiger partial charge is 0.277 e. The van der Waals surface area contributed by atoms with Crippen LogP contribution in [0.5, 0.6) is 0 Å². The summed E-state index contributed by atoms with van der Waals surface area (Å²) in [7, 11) is 0. The average molecular weight is 261 g/mol. The molecule has 0 aromatic heterocycles. The van der Waals surface area contributed by atoms with Crippen molar-refractivity contribution in [2.24, 2.45) is 0 Å². The summed E-state index contributed by atoms with van der Waals surface area (Å²) in [6.45, 7) is 0.701. The minimum Gasteiger partial charge on any atom is -0.314 e. The fourth-order valence-corrected chi connectivity index (χ4v) is 2.30. The summed E-state index contributed by atoms with van der Waals surface area (Å²) in [5.74, 6) is -5.25. The Bertz CT molecular complexity index is 413. The van der Waals surface area contributed by atoms with E-state index < -0.39 is 29.5 Å². The quantitative estimate of drug-likeness (QED) is 0.820. The molecule has 1 saturated heterocycles. The zero-order chi connectivity index (χ0) is 13.2. The predicted octanol–water partition coefficient (Wildman–Crippen LogP) is 3.59. The zero-order valence-corrected chi connectivity index (χ0v) is 9.86. The molecule has 0 radical (unpaired) electrons. The van der Waals surface area contributed by atoms with Crippen molar-refractivity contribution in [1.29, 1.82) is 0 Å². The lowest BCUT2D eigenvalue weighted by molar-refractivity contribution is -0.0287. The van der Waals surface area contributed by atoms with Crippen molar-refractivity contribution in [2.45, 2.75) is 37.6 Å². The molecule has 1 aromatic carbocycles. The van der Waals surface area contributed by atoms with Crippen molar-refractivity contribution in [2.75, 3.05) is 6.54 Å². The minimum absolute atomic E-state index is 0.337. The highest BCUT2D eigenvalue weighted by molar-refractivity contribution is 5.23. The Balaban J connectivity index is 2.15. The number of alkyl halides is 2. The van der Waals surface area contributed by atoms with Crippen LogP contribution in [0.4, 0.5) is 17.6 Å². The number of hydrogen-bond acceptors (Lipinski definition) is 1. The van der Waals surface area contributed by atoms with Crippen molar-refractivity contribution in [3.8, 4) is 0 Å². The molecule has 1 aliphatic rings. The second-order valence-corrected chi connectivity index (χ2v) is 4.68. The molecule has 1 nitrogen and oxygen atoms in total. The lowest BCUT2D eigenvalue weighted by atomic mass is 9.95. The van der Waals surface area contributed by atoms with Crippen LogP contribution < -0.4 is 5.32 Å². The first kappa shape index (κ1) is 13.3. The third-order valence-electron chi connectivity index (χ3n) is 3.24. The van der Waals surface area contributed by atoms with Gasteiger partial charge in [0.25, 0.3) is 5.92 Å². The van der Waals surface area contributed by atoms with Gasteiger partial charge in [0.1, 0.15) is 11.6 Å². The maximum atomic E-state index is 13.9. The van der Waals surface area contributed by atoms with Crippen LogP contribution in [0.15, 0.2) is 18.2 Å². The van der Waals surface area contributed by atoms with E-state index in [4.69, 9.17) is 0 Å². The van der Waals surface area contributed by atoms with Crippen molar-refractivity contribution < 1.29 is 17.6 Å². The maximum absolute atomic E-state index is 13.9. The van der Waals surface area contributed by atoms with Gasteiger partial charge in [-0.05, 0) is 37.6 Å². The largest absolute Gasteiger partial charge is 0.314 e. The fourth-order valence-electron chi connectivity index (χ4n) is 2.30. The Kier molecular flexibility index (Phi) is 3.90. The number of piperidine rings is 1. The topological polar surface area (TPSA) is 12.0 Å². The summed E-state index contributed by atoms with van der Waals surface area (Å²) in [5.41, 5.74) is -0.852. The summed E-state index contributed by atoms with van der Waals surface area (Å²) >= 11 is 0. The maximum Gasteiger partial charge on any atom is 0.277 e. The van der Waals surface area contributed by atoms with Gasteiger partial charge < -0.3 is 5.32 Å². The molecule has 0 bridgehead atoms. The van der Waals surface area contributed by atoms with Gasteiger partial charge in [-0.15, -0.1) is 0 Å². The molecule has 1 aromatic rings. The molecule has 100 valence electrons. The van der Waals surface area contributed by atoms with Crippen molar-refractivity contribution in [3.05, 3.63) is 35.4 Å². The molecule has 2 rings (SSSR count). The van der Waals surface area contributed by atoms with E-state index in [0.29, 0.717) is 19.0 Å². The number of rotatable bonds is 3. The van der Waals surface area contributed by atoms with E-state index in [0.717, 1.165) is 25.0 Å². The van der Waals surface area contributed by atoms with Gasteiger partial charge in [0.15, 0.2) is 0 Å². The van der Waals surface area contributed by atoms with Gasteiger partial charge in [-0.25, -0.2) is 17.6 Å². The molecule has 1 atom stereocenters. The van der Waals surface area contributed by atoms with Crippen LogP contribution in [-0.2, 0) is 5.92 Å². The number of halogens is 4. The van der Waals surface area contributed by atoms with E-state index >= 15 is 0 Å². The predicted molar refractivity (Wildman–Crippen MR) is 60.5 cm³/mol. The van der Waals surface area contributed by atoms with Crippen LogP contribution in [0.2, 0.25) is 0 Å². The summed E-state index contributed by atoms with van der Waals surface area (Å²) < 4.78 is 54.2. The lowest BCUT2D eigenvalue weighted by Gasteiger charge is -2.28. The molecule has 0 spiro atoms. The molecule has 1 N–H and O–H groups in total. The van der Waals surface area contributed by atoms with Crippen molar-refractivity contribution in [3.63, 3.8) is 0 Å². The number of nitrogens with one attached hydrogen (secondary N) is 1. The second kappa shape index (κ2) is 5.26. The molecular formula is C13H15F4N. The Hall–Kier alpha value is -1.10. The Morgan fingerprint density at radius 2 is 2.00 bits per heavy atom. The summed E-state index contributed by atoms with van der Waals surface area (Å²) in [4.78, 5) is 0. The fraction of sp³-hybridized carbons (Fsp3) is 0.538. The normalized spacial score (nSPS) is 21.0. The molecule has 18 heavy (non-hydrogen) atoms. The number of benzene rings is 1. The van der Waals surface area contributed by atoms with E-state index in [9.17, 15) is 17.6 Å². The van der Waals surface area contributed by atoms with E-state index in [1.165, 1.54) is 0 Å². The van der Waals surface area contributed by atoms with Crippen molar-refractivity contribution >= 4 is 0 Å². The average Bonchev–Trinajstić information content (AvgIpc) is 2.33. The van der Waals surface area contributed by atoms with Crippen LogP contribution in [0.3, 0.4) is 0 Å². The van der Waals surface area contributed by atoms with Crippen molar-refractivity contribution in [1.82, 2.24) is 5.32 Å². The van der Waals surface area contributed by atoms with E-state index in [1.807, 2.05) is 0 Å². The molecule has 0 saturated carbocycles. The summed E-state index contributed by atoms with van der Waals surface area (Å²) in [6.07, 6.45) is 2.01. The lowest BCUT2D eigenvalue weighted by Crippen LogP contribution is -2.38. The van der Waals surface area contributed by atoms with E-state index in [-0.39, 0.29) is 6.04 Å². The van der Waals surface area contributed by atoms with E-state index in [2.05, 4.69) is 5.32 Å². The standard InChI is InChI=1S/C13H15F4N/c14-9-4-5-12(15)11(7-9)13(16,17)8-10-3-1-2-6-18-10/h4-5,7,10,18H,1-3,6,8H2. The molecule has 0 aliphatic carbocycles. The molecule has 0 amide bonds.